The summed E-state index contributed by atoms with van der Waals surface area (Å²) in [6, 6.07) is 3.34. The van der Waals surface area contributed by atoms with Crippen LogP contribution in [-0.2, 0) is 20.5 Å². The zero-order chi connectivity index (χ0) is 20.9. The van der Waals surface area contributed by atoms with Crippen LogP contribution in [0, 0.1) is 11.2 Å². The second kappa shape index (κ2) is 6.99. The molecule has 1 aliphatic heterocycles. The van der Waals surface area contributed by atoms with Gasteiger partial charge in [-0.1, -0.05) is 12.1 Å². The first-order valence-electron chi connectivity index (χ1n) is 9.93. The van der Waals surface area contributed by atoms with Crippen LogP contribution in [0.4, 0.5) is 4.39 Å². The molecule has 1 heterocycles. The van der Waals surface area contributed by atoms with Gasteiger partial charge in [-0.2, -0.15) is 0 Å². The molecule has 28 heavy (non-hydrogen) atoms. The number of fused-ring (bicyclic) bond motifs is 1. The highest BCUT2D eigenvalue weighted by molar-refractivity contribution is 6.69. The number of esters is 1. The lowest BCUT2D eigenvalue weighted by Crippen LogP contribution is -2.41. The van der Waals surface area contributed by atoms with Gasteiger partial charge in [0.05, 0.1) is 16.6 Å². The summed E-state index contributed by atoms with van der Waals surface area (Å²) in [4.78, 5) is 12.2. The maximum Gasteiger partial charge on any atom is 0.495 e. The number of hydrogen-bond acceptors (Lipinski definition) is 4. The summed E-state index contributed by atoms with van der Waals surface area (Å²) in [7, 11) is -0.552. The molecule has 0 saturated carbocycles. The normalized spacial score (nSPS) is 21.0. The first-order chi connectivity index (χ1) is 12.8. The molecule has 1 aliphatic carbocycles. The van der Waals surface area contributed by atoms with E-state index in [0.717, 1.165) is 23.9 Å². The van der Waals surface area contributed by atoms with Crippen LogP contribution in [0.2, 0.25) is 0 Å². The average molecular weight is 388 g/mol. The smallest absolute Gasteiger partial charge is 0.423 e. The Balaban J connectivity index is 1.96. The third-order valence-electron chi connectivity index (χ3n) is 5.84. The molecular formula is C22H30BFO4. The first-order valence-corrected chi connectivity index (χ1v) is 9.93. The zero-order valence-corrected chi connectivity index (χ0v) is 17.9. The minimum atomic E-state index is -0.701. The van der Waals surface area contributed by atoms with Crippen molar-refractivity contribution in [2.24, 2.45) is 5.41 Å². The number of ether oxygens (including phenoxy) is 1. The van der Waals surface area contributed by atoms with Crippen LogP contribution in [0.25, 0.3) is 5.47 Å². The van der Waals surface area contributed by atoms with Gasteiger partial charge in [-0.15, -0.1) is 0 Å². The van der Waals surface area contributed by atoms with Crippen molar-refractivity contribution in [3.8, 4) is 5.75 Å². The largest absolute Gasteiger partial charge is 0.495 e. The van der Waals surface area contributed by atoms with Gasteiger partial charge in [0.15, 0.2) is 11.6 Å². The van der Waals surface area contributed by atoms with Gasteiger partial charge in [-0.05, 0) is 90.4 Å². The van der Waals surface area contributed by atoms with Crippen molar-refractivity contribution in [3.63, 3.8) is 0 Å². The predicted octanol–water partition coefficient (Wildman–Crippen LogP) is 5.13. The van der Waals surface area contributed by atoms with E-state index in [0.29, 0.717) is 12.0 Å². The van der Waals surface area contributed by atoms with Gasteiger partial charge in [0.25, 0.3) is 0 Å². The Kier molecular flexibility index (Phi) is 5.26. The van der Waals surface area contributed by atoms with Crippen molar-refractivity contribution in [2.45, 2.75) is 78.9 Å². The maximum atomic E-state index is 15.3. The molecule has 2 aliphatic rings. The molecule has 0 atom stereocenters. The van der Waals surface area contributed by atoms with Gasteiger partial charge in [0.1, 0.15) is 0 Å². The summed E-state index contributed by atoms with van der Waals surface area (Å²) in [6.45, 7) is 13.2. The Hall–Kier alpha value is -1.66. The Morgan fingerprint density at radius 1 is 1.14 bits per heavy atom. The predicted molar refractivity (Wildman–Crippen MR) is 108 cm³/mol. The molecule has 3 rings (SSSR count). The second-order valence-corrected chi connectivity index (χ2v) is 9.68. The number of carbonyl (C=O) groups excluding carboxylic acids is 1. The minimum absolute atomic E-state index is 0.0196. The van der Waals surface area contributed by atoms with Crippen LogP contribution in [-0.4, -0.2) is 24.3 Å². The Morgan fingerprint density at radius 2 is 1.75 bits per heavy atom. The van der Waals surface area contributed by atoms with Crippen LogP contribution in [0.5, 0.6) is 5.75 Å². The second-order valence-electron chi connectivity index (χ2n) is 9.68. The summed E-state index contributed by atoms with van der Waals surface area (Å²) in [5, 5.41) is 0. The molecule has 0 amide bonds. The summed E-state index contributed by atoms with van der Waals surface area (Å²) in [5.41, 5.74) is 0.533. The highest BCUT2D eigenvalue weighted by atomic mass is 19.1. The lowest BCUT2D eigenvalue weighted by molar-refractivity contribution is -0.143. The van der Waals surface area contributed by atoms with Crippen molar-refractivity contribution >= 4 is 18.6 Å². The molecule has 1 aromatic carbocycles. The van der Waals surface area contributed by atoms with Crippen molar-refractivity contribution < 1.29 is 23.2 Å². The molecule has 0 aromatic heterocycles. The van der Waals surface area contributed by atoms with Crippen molar-refractivity contribution in [1.29, 1.82) is 0 Å². The average Bonchev–Trinajstić information content (AvgIpc) is 2.72. The summed E-state index contributed by atoms with van der Waals surface area (Å²) < 4.78 is 33.0. The monoisotopic (exact) mass is 388 g/mol. The Labute approximate surface area is 167 Å². The number of allylic oxidation sites excluding steroid dienone is 1. The van der Waals surface area contributed by atoms with Gasteiger partial charge >= 0.3 is 13.1 Å². The van der Waals surface area contributed by atoms with E-state index >= 15 is 4.39 Å². The summed E-state index contributed by atoms with van der Waals surface area (Å²) >= 11 is 0. The third kappa shape index (κ3) is 3.77. The highest BCUT2D eigenvalue weighted by Gasteiger charge is 2.52. The molecule has 1 fully saturated rings. The molecule has 0 radical (unpaired) electrons. The summed E-state index contributed by atoms with van der Waals surface area (Å²) in [5.74, 6) is -0.949. The quantitative estimate of drug-likeness (QED) is 0.400. The lowest BCUT2D eigenvalue weighted by Gasteiger charge is -2.32. The lowest BCUT2D eigenvalue weighted by atomic mass is 9.72. The van der Waals surface area contributed by atoms with Crippen LogP contribution in [0.3, 0.4) is 0 Å². The third-order valence-corrected chi connectivity index (χ3v) is 5.84. The van der Waals surface area contributed by atoms with E-state index in [9.17, 15) is 4.79 Å². The zero-order valence-electron chi connectivity index (χ0n) is 17.9. The first kappa shape index (κ1) is 21.1. The van der Waals surface area contributed by atoms with E-state index in [-0.39, 0.29) is 5.75 Å². The molecule has 4 nitrogen and oxygen atoms in total. The van der Waals surface area contributed by atoms with Crippen molar-refractivity contribution in [2.75, 3.05) is 0 Å². The topological polar surface area (TPSA) is 44.8 Å². The van der Waals surface area contributed by atoms with Gasteiger partial charge in [0, 0.05) is 0 Å². The fourth-order valence-corrected chi connectivity index (χ4v) is 3.29. The standard InChI is InChI=1S/C22H30BFO4/c1-20(2,3)19(25)26-17-13-12-14-15(18(17)24)10-8-9-11-16(14)23-27-21(4,5)22(6,7)28-23/h11-13H,8-10H2,1-7H3. The van der Waals surface area contributed by atoms with Gasteiger partial charge in [-0.3, -0.25) is 4.79 Å². The summed E-state index contributed by atoms with van der Waals surface area (Å²) in [6.07, 6.45) is 4.27. The molecule has 0 unspecified atom stereocenters. The van der Waals surface area contributed by atoms with Crippen LogP contribution in [0.15, 0.2) is 18.2 Å². The van der Waals surface area contributed by atoms with Crippen molar-refractivity contribution in [3.05, 3.63) is 35.2 Å². The Bertz CT molecular complexity index is 805. The van der Waals surface area contributed by atoms with E-state index in [2.05, 4.69) is 6.08 Å². The SMILES string of the molecule is CC(C)(C)C(=O)Oc1ccc2c(c1F)CCCC=C2B1OC(C)(C)C(C)(C)O1. The van der Waals surface area contributed by atoms with E-state index in [1.54, 1.807) is 20.8 Å². The molecule has 152 valence electrons. The van der Waals surface area contributed by atoms with E-state index in [4.69, 9.17) is 14.0 Å². The molecular weight excluding hydrogens is 358 g/mol. The molecule has 1 aromatic rings. The van der Waals surface area contributed by atoms with Crippen LogP contribution >= 0.6 is 0 Å². The van der Waals surface area contributed by atoms with Gasteiger partial charge < -0.3 is 14.0 Å². The minimum Gasteiger partial charge on any atom is -0.423 e. The fraction of sp³-hybridized carbons (Fsp3) is 0.591. The van der Waals surface area contributed by atoms with E-state index in [1.165, 1.54) is 6.07 Å². The number of rotatable bonds is 2. The number of hydrogen-bond donors (Lipinski definition) is 0. The molecule has 1 saturated heterocycles. The molecule has 0 bridgehead atoms. The molecule has 6 heteroatoms. The van der Waals surface area contributed by atoms with Gasteiger partial charge in [0.2, 0.25) is 0 Å². The molecule has 0 spiro atoms. The van der Waals surface area contributed by atoms with Crippen molar-refractivity contribution in [1.82, 2.24) is 0 Å². The van der Waals surface area contributed by atoms with Crippen LogP contribution < -0.4 is 4.74 Å². The number of carbonyl (C=O) groups is 1. The fourth-order valence-electron chi connectivity index (χ4n) is 3.29. The highest BCUT2D eigenvalue weighted by Crippen LogP contribution is 2.43. The van der Waals surface area contributed by atoms with Gasteiger partial charge in [-0.25, -0.2) is 4.39 Å². The number of benzene rings is 1. The maximum absolute atomic E-state index is 15.3. The van der Waals surface area contributed by atoms with Crippen LogP contribution in [0.1, 0.15) is 72.4 Å². The molecule has 0 N–H and O–H groups in total. The van der Waals surface area contributed by atoms with E-state index < -0.39 is 35.5 Å². The number of halogens is 1. The van der Waals surface area contributed by atoms with E-state index in [1.807, 2.05) is 33.8 Å². The Morgan fingerprint density at radius 3 is 2.32 bits per heavy atom.